The first-order valence-electron chi connectivity index (χ1n) is 5.36. The summed E-state index contributed by atoms with van der Waals surface area (Å²) in [5, 5.41) is 0. The molecule has 0 aromatic carbocycles. The van der Waals surface area contributed by atoms with E-state index in [1.165, 1.54) is 0 Å². The lowest BCUT2D eigenvalue weighted by Gasteiger charge is -2.07. The molecule has 88 valence electrons. The fourth-order valence-electron chi connectivity index (χ4n) is 1.16. The minimum absolute atomic E-state index is 0.0726. The molecule has 0 aliphatic carbocycles. The fourth-order valence-corrected chi connectivity index (χ4v) is 1.16. The molecule has 0 fully saturated rings. The Morgan fingerprint density at radius 2 is 2.31 bits per heavy atom. The number of hydrogen-bond donors (Lipinski definition) is 2. The van der Waals surface area contributed by atoms with E-state index in [1.807, 2.05) is 12.1 Å². The normalized spacial score (nSPS) is 9.81. The number of rotatable bonds is 6. The first kappa shape index (κ1) is 12.3. The summed E-state index contributed by atoms with van der Waals surface area (Å²) in [6.07, 6.45) is 3.80. The standard InChI is InChI=1S/C11H18N4O/c1-2-3-7-16-10-9(5-4-6-14-10)8-15-11(12)13/h4-6H,2-3,7-8H2,1H3,(H4,12,13,15). The molecular weight excluding hydrogens is 204 g/mol. The molecule has 0 aliphatic heterocycles. The minimum atomic E-state index is 0.0726. The maximum Gasteiger partial charge on any atom is 0.218 e. The summed E-state index contributed by atoms with van der Waals surface area (Å²) in [4.78, 5) is 8.09. The third kappa shape index (κ3) is 4.16. The topological polar surface area (TPSA) is 86.5 Å². The van der Waals surface area contributed by atoms with Gasteiger partial charge in [0.25, 0.3) is 0 Å². The van der Waals surface area contributed by atoms with Gasteiger partial charge in [0.1, 0.15) is 0 Å². The Labute approximate surface area is 95.5 Å². The molecule has 0 saturated heterocycles. The SMILES string of the molecule is CCCCOc1ncccc1CN=C(N)N. The molecule has 1 rings (SSSR count). The van der Waals surface area contributed by atoms with E-state index >= 15 is 0 Å². The van der Waals surface area contributed by atoms with Gasteiger partial charge >= 0.3 is 0 Å². The molecule has 0 spiro atoms. The maximum atomic E-state index is 5.55. The summed E-state index contributed by atoms with van der Waals surface area (Å²) in [5.74, 6) is 0.685. The first-order valence-corrected chi connectivity index (χ1v) is 5.36. The summed E-state index contributed by atoms with van der Waals surface area (Å²) in [5.41, 5.74) is 11.5. The predicted octanol–water partition coefficient (Wildman–Crippen LogP) is 1.03. The van der Waals surface area contributed by atoms with Crippen LogP contribution in [-0.4, -0.2) is 17.6 Å². The third-order valence-corrected chi connectivity index (χ3v) is 2.02. The van der Waals surface area contributed by atoms with Crippen molar-refractivity contribution in [3.05, 3.63) is 23.9 Å². The highest BCUT2D eigenvalue weighted by Gasteiger charge is 2.03. The Balaban J connectivity index is 2.64. The van der Waals surface area contributed by atoms with E-state index in [-0.39, 0.29) is 5.96 Å². The number of pyridine rings is 1. The smallest absolute Gasteiger partial charge is 0.218 e. The summed E-state index contributed by atoms with van der Waals surface area (Å²) in [7, 11) is 0. The molecule has 1 aromatic rings. The molecule has 16 heavy (non-hydrogen) atoms. The number of aliphatic imine (C=N–C) groups is 1. The lowest BCUT2D eigenvalue weighted by atomic mass is 10.3. The van der Waals surface area contributed by atoms with Gasteiger partial charge in [0.2, 0.25) is 5.88 Å². The first-order chi connectivity index (χ1) is 7.74. The number of nitrogens with zero attached hydrogens (tertiary/aromatic N) is 2. The Morgan fingerprint density at radius 3 is 3.00 bits per heavy atom. The number of hydrogen-bond acceptors (Lipinski definition) is 3. The highest BCUT2D eigenvalue weighted by molar-refractivity contribution is 5.75. The molecule has 0 unspecified atom stereocenters. The third-order valence-electron chi connectivity index (χ3n) is 2.02. The number of ether oxygens (including phenoxy) is 1. The minimum Gasteiger partial charge on any atom is -0.477 e. The Kier molecular flexibility index (Phi) is 5.11. The van der Waals surface area contributed by atoms with Gasteiger partial charge < -0.3 is 16.2 Å². The van der Waals surface area contributed by atoms with E-state index in [0.717, 1.165) is 18.4 Å². The zero-order valence-corrected chi connectivity index (χ0v) is 9.52. The van der Waals surface area contributed by atoms with Gasteiger partial charge in [-0.05, 0) is 12.5 Å². The number of aromatic nitrogens is 1. The van der Waals surface area contributed by atoms with Crippen molar-refractivity contribution in [3.63, 3.8) is 0 Å². The molecule has 0 atom stereocenters. The van der Waals surface area contributed by atoms with Crippen LogP contribution in [0.3, 0.4) is 0 Å². The van der Waals surface area contributed by atoms with Crippen molar-refractivity contribution in [1.29, 1.82) is 0 Å². The van der Waals surface area contributed by atoms with E-state index in [1.54, 1.807) is 6.20 Å². The van der Waals surface area contributed by atoms with Gasteiger partial charge in [-0.25, -0.2) is 9.98 Å². The second-order valence-corrected chi connectivity index (χ2v) is 3.41. The van der Waals surface area contributed by atoms with E-state index in [9.17, 15) is 0 Å². The molecule has 1 aromatic heterocycles. The summed E-state index contributed by atoms with van der Waals surface area (Å²) < 4.78 is 5.55. The average molecular weight is 222 g/mol. The van der Waals surface area contributed by atoms with Crippen LogP contribution in [0.15, 0.2) is 23.3 Å². The van der Waals surface area contributed by atoms with Gasteiger partial charge in [-0.1, -0.05) is 19.4 Å². The second kappa shape index (κ2) is 6.66. The van der Waals surface area contributed by atoms with Gasteiger partial charge in [0.15, 0.2) is 5.96 Å². The van der Waals surface area contributed by atoms with Crippen molar-refractivity contribution in [2.75, 3.05) is 6.61 Å². The molecule has 0 bridgehead atoms. The fraction of sp³-hybridized carbons (Fsp3) is 0.455. The molecule has 0 radical (unpaired) electrons. The van der Waals surface area contributed by atoms with Crippen LogP contribution in [0.1, 0.15) is 25.3 Å². The summed E-state index contributed by atoms with van der Waals surface area (Å²) in [6.45, 7) is 3.18. The van der Waals surface area contributed by atoms with Crippen molar-refractivity contribution >= 4 is 5.96 Å². The largest absolute Gasteiger partial charge is 0.477 e. The van der Waals surface area contributed by atoms with Crippen LogP contribution in [0.4, 0.5) is 0 Å². The van der Waals surface area contributed by atoms with Gasteiger partial charge in [-0.3, -0.25) is 0 Å². The lowest BCUT2D eigenvalue weighted by Crippen LogP contribution is -2.22. The second-order valence-electron chi connectivity index (χ2n) is 3.41. The van der Waals surface area contributed by atoms with Crippen LogP contribution in [0.25, 0.3) is 0 Å². The highest BCUT2D eigenvalue weighted by atomic mass is 16.5. The van der Waals surface area contributed by atoms with Crippen molar-refractivity contribution in [3.8, 4) is 5.88 Å². The van der Waals surface area contributed by atoms with Crippen LogP contribution in [0, 0.1) is 0 Å². The van der Waals surface area contributed by atoms with Crippen LogP contribution in [0.2, 0.25) is 0 Å². The van der Waals surface area contributed by atoms with Gasteiger partial charge in [0, 0.05) is 11.8 Å². The Morgan fingerprint density at radius 1 is 1.50 bits per heavy atom. The summed E-state index contributed by atoms with van der Waals surface area (Å²) >= 11 is 0. The van der Waals surface area contributed by atoms with Crippen molar-refractivity contribution in [1.82, 2.24) is 4.98 Å². The predicted molar refractivity (Wildman–Crippen MR) is 64.2 cm³/mol. The summed E-state index contributed by atoms with van der Waals surface area (Å²) in [6, 6.07) is 3.74. The monoisotopic (exact) mass is 222 g/mol. The molecule has 4 N–H and O–H groups in total. The average Bonchev–Trinajstić information content (AvgIpc) is 2.28. The van der Waals surface area contributed by atoms with E-state index in [0.29, 0.717) is 19.0 Å². The van der Waals surface area contributed by atoms with Crippen molar-refractivity contribution in [2.24, 2.45) is 16.5 Å². The zero-order valence-electron chi connectivity index (χ0n) is 9.52. The Hall–Kier alpha value is -1.78. The molecule has 0 saturated carbocycles. The quantitative estimate of drug-likeness (QED) is 0.427. The molecule has 0 amide bonds. The molecule has 5 nitrogen and oxygen atoms in total. The van der Waals surface area contributed by atoms with Crippen LogP contribution >= 0.6 is 0 Å². The van der Waals surface area contributed by atoms with E-state index in [2.05, 4.69) is 16.9 Å². The van der Waals surface area contributed by atoms with Gasteiger partial charge in [-0.2, -0.15) is 0 Å². The zero-order chi connectivity index (χ0) is 11.8. The molecule has 5 heteroatoms. The lowest BCUT2D eigenvalue weighted by molar-refractivity contribution is 0.294. The van der Waals surface area contributed by atoms with Crippen molar-refractivity contribution in [2.45, 2.75) is 26.3 Å². The van der Waals surface area contributed by atoms with Crippen LogP contribution < -0.4 is 16.2 Å². The van der Waals surface area contributed by atoms with E-state index in [4.69, 9.17) is 16.2 Å². The molecule has 1 heterocycles. The van der Waals surface area contributed by atoms with Crippen molar-refractivity contribution < 1.29 is 4.74 Å². The van der Waals surface area contributed by atoms with Gasteiger partial charge in [-0.15, -0.1) is 0 Å². The van der Waals surface area contributed by atoms with Crippen LogP contribution in [-0.2, 0) is 6.54 Å². The highest BCUT2D eigenvalue weighted by Crippen LogP contribution is 2.15. The number of nitrogens with two attached hydrogens (primary N) is 2. The number of guanidine groups is 1. The Bertz CT molecular complexity index is 348. The van der Waals surface area contributed by atoms with E-state index < -0.39 is 0 Å². The van der Waals surface area contributed by atoms with Gasteiger partial charge in [0.05, 0.1) is 13.2 Å². The number of unbranched alkanes of at least 4 members (excludes halogenated alkanes) is 1. The molecular formula is C11H18N4O. The van der Waals surface area contributed by atoms with Crippen LogP contribution in [0.5, 0.6) is 5.88 Å². The molecule has 0 aliphatic rings. The maximum absolute atomic E-state index is 5.55.